The molecule has 2 N–H and O–H groups in total. The number of nitrogens with zero attached hydrogens (tertiary/aromatic N) is 2. The summed E-state index contributed by atoms with van der Waals surface area (Å²) in [7, 11) is 0. The molecule has 0 saturated carbocycles. The fourth-order valence-corrected chi connectivity index (χ4v) is 3.02. The van der Waals surface area contributed by atoms with Crippen LogP contribution >= 0.6 is 0 Å². The summed E-state index contributed by atoms with van der Waals surface area (Å²) in [5, 5.41) is 4.58. The summed E-state index contributed by atoms with van der Waals surface area (Å²) in [6.45, 7) is 4.94. The number of benzene rings is 1. The van der Waals surface area contributed by atoms with Gasteiger partial charge in [-0.2, -0.15) is 5.10 Å². The monoisotopic (exact) mass is 283 g/mol. The first kappa shape index (κ1) is 13.9. The van der Waals surface area contributed by atoms with E-state index < -0.39 is 0 Å². The molecule has 1 aliphatic rings. The van der Waals surface area contributed by atoms with Crippen LogP contribution in [-0.2, 0) is 19.4 Å². The first-order valence-corrected chi connectivity index (χ1v) is 7.53. The van der Waals surface area contributed by atoms with Gasteiger partial charge in [0.05, 0.1) is 5.56 Å². The molecule has 0 atom stereocenters. The van der Waals surface area contributed by atoms with Crippen molar-refractivity contribution in [3.8, 4) is 11.3 Å². The molecule has 0 fully saturated rings. The highest BCUT2D eigenvalue weighted by Crippen LogP contribution is 2.31. The van der Waals surface area contributed by atoms with Crippen LogP contribution in [0.3, 0.4) is 0 Å². The van der Waals surface area contributed by atoms with E-state index in [0.717, 1.165) is 31.2 Å². The van der Waals surface area contributed by atoms with Crippen molar-refractivity contribution in [3.63, 3.8) is 0 Å². The Labute approximate surface area is 125 Å². The quantitative estimate of drug-likeness (QED) is 0.877. The van der Waals surface area contributed by atoms with Crippen LogP contribution in [0.4, 0.5) is 5.82 Å². The molecule has 0 bridgehead atoms. The number of carbonyl (C=O) groups is 1. The third-order valence-corrected chi connectivity index (χ3v) is 4.06. The SMILES string of the molecule is CC(C)Cn1nc(-c2ccc3c(c2)CCC3)c(C=O)c1N. The maximum absolute atomic E-state index is 11.4. The molecule has 0 radical (unpaired) electrons. The lowest BCUT2D eigenvalue weighted by Gasteiger charge is -2.06. The van der Waals surface area contributed by atoms with Crippen LogP contribution in [0.25, 0.3) is 11.3 Å². The van der Waals surface area contributed by atoms with Gasteiger partial charge < -0.3 is 5.73 Å². The van der Waals surface area contributed by atoms with Crippen molar-refractivity contribution in [1.82, 2.24) is 9.78 Å². The number of nitrogen functional groups attached to an aromatic ring is 1. The molecule has 1 aromatic carbocycles. The van der Waals surface area contributed by atoms with Crippen LogP contribution in [-0.4, -0.2) is 16.1 Å². The van der Waals surface area contributed by atoms with Crippen LogP contribution in [0, 0.1) is 5.92 Å². The van der Waals surface area contributed by atoms with Crippen molar-refractivity contribution in [2.24, 2.45) is 5.92 Å². The average molecular weight is 283 g/mol. The van der Waals surface area contributed by atoms with Gasteiger partial charge in [0.1, 0.15) is 11.5 Å². The fourth-order valence-electron chi connectivity index (χ4n) is 3.02. The first-order chi connectivity index (χ1) is 10.1. The number of anilines is 1. The molecule has 1 aliphatic carbocycles. The van der Waals surface area contributed by atoms with Gasteiger partial charge >= 0.3 is 0 Å². The highest BCUT2D eigenvalue weighted by atomic mass is 16.1. The van der Waals surface area contributed by atoms with Crippen molar-refractivity contribution < 1.29 is 4.79 Å². The molecule has 1 heterocycles. The minimum Gasteiger partial charge on any atom is -0.383 e. The van der Waals surface area contributed by atoms with E-state index in [1.165, 1.54) is 17.5 Å². The molecule has 110 valence electrons. The molecule has 1 aromatic heterocycles. The van der Waals surface area contributed by atoms with E-state index >= 15 is 0 Å². The largest absolute Gasteiger partial charge is 0.383 e. The number of aldehydes is 1. The zero-order valence-electron chi connectivity index (χ0n) is 12.6. The summed E-state index contributed by atoms with van der Waals surface area (Å²) in [5.41, 5.74) is 11.1. The van der Waals surface area contributed by atoms with E-state index in [1.807, 2.05) is 0 Å². The highest BCUT2D eigenvalue weighted by Gasteiger charge is 2.19. The van der Waals surface area contributed by atoms with Gasteiger partial charge in [-0.15, -0.1) is 0 Å². The van der Waals surface area contributed by atoms with Gasteiger partial charge in [0, 0.05) is 12.1 Å². The molecule has 0 aliphatic heterocycles. The Morgan fingerprint density at radius 1 is 1.33 bits per heavy atom. The number of aromatic nitrogens is 2. The van der Waals surface area contributed by atoms with E-state index in [9.17, 15) is 4.79 Å². The molecule has 4 heteroatoms. The lowest BCUT2D eigenvalue weighted by Crippen LogP contribution is -2.09. The molecular weight excluding hydrogens is 262 g/mol. The van der Waals surface area contributed by atoms with E-state index in [2.05, 4.69) is 37.1 Å². The second kappa shape index (κ2) is 5.35. The number of fused-ring (bicyclic) bond motifs is 1. The Morgan fingerprint density at radius 2 is 2.10 bits per heavy atom. The molecule has 0 unspecified atom stereocenters. The van der Waals surface area contributed by atoms with Crippen LogP contribution in [0.1, 0.15) is 41.8 Å². The second-order valence-electron chi connectivity index (χ2n) is 6.18. The van der Waals surface area contributed by atoms with Gasteiger partial charge in [-0.3, -0.25) is 4.79 Å². The molecule has 2 aromatic rings. The Balaban J connectivity index is 2.07. The number of hydrogen-bond donors (Lipinski definition) is 1. The van der Waals surface area contributed by atoms with Gasteiger partial charge in [0.15, 0.2) is 6.29 Å². The molecule has 0 spiro atoms. The smallest absolute Gasteiger partial charge is 0.156 e. The summed E-state index contributed by atoms with van der Waals surface area (Å²) in [6, 6.07) is 6.37. The lowest BCUT2D eigenvalue weighted by molar-refractivity contribution is 0.112. The maximum Gasteiger partial charge on any atom is 0.156 e. The van der Waals surface area contributed by atoms with Crippen molar-refractivity contribution >= 4 is 12.1 Å². The van der Waals surface area contributed by atoms with Crippen LogP contribution in [0.2, 0.25) is 0 Å². The van der Waals surface area contributed by atoms with E-state index in [0.29, 0.717) is 23.0 Å². The molecule has 4 nitrogen and oxygen atoms in total. The predicted molar refractivity (Wildman–Crippen MR) is 84.3 cm³/mol. The normalized spacial score (nSPS) is 13.7. The number of nitrogens with two attached hydrogens (primary N) is 1. The van der Waals surface area contributed by atoms with Gasteiger partial charge in [-0.1, -0.05) is 26.0 Å². The van der Waals surface area contributed by atoms with Crippen molar-refractivity contribution in [2.45, 2.75) is 39.7 Å². The van der Waals surface area contributed by atoms with Crippen LogP contribution in [0.15, 0.2) is 18.2 Å². The summed E-state index contributed by atoms with van der Waals surface area (Å²) >= 11 is 0. The molecule has 0 amide bonds. The topological polar surface area (TPSA) is 60.9 Å². The number of aryl methyl sites for hydroxylation is 2. The van der Waals surface area contributed by atoms with E-state index in [1.54, 1.807) is 4.68 Å². The minimum absolute atomic E-state index is 0.430. The summed E-state index contributed by atoms with van der Waals surface area (Å²) in [5.74, 6) is 0.897. The lowest BCUT2D eigenvalue weighted by atomic mass is 10.0. The number of hydrogen-bond acceptors (Lipinski definition) is 3. The van der Waals surface area contributed by atoms with Crippen LogP contribution in [0.5, 0.6) is 0 Å². The Hall–Kier alpha value is -2.10. The maximum atomic E-state index is 11.4. The Morgan fingerprint density at radius 3 is 2.81 bits per heavy atom. The summed E-state index contributed by atoms with van der Waals surface area (Å²) in [6.07, 6.45) is 4.30. The van der Waals surface area contributed by atoms with Crippen molar-refractivity contribution in [2.75, 3.05) is 5.73 Å². The summed E-state index contributed by atoms with van der Waals surface area (Å²) in [4.78, 5) is 11.4. The molecule has 3 rings (SSSR count). The zero-order valence-corrected chi connectivity index (χ0v) is 12.6. The van der Waals surface area contributed by atoms with Crippen LogP contribution < -0.4 is 5.73 Å². The fraction of sp³-hybridized carbons (Fsp3) is 0.412. The highest BCUT2D eigenvalue weighted by molar-refractivity contribution is 5.91. The number of carbonyl (C=O) groups excluding carboxylic acids is 1. The molecule has 21 heavy (non-hydrogen) atoms. The van der Waals surface area contributed by atoms with E-state index in [-0.39, 0.29) is 0 Å². The Bertz CT molecular complexity index is 686. The van der Waals surface area contributed by atoms with Gasteiger partial charge in [0.25, 0.3) is 0 Å². The van der Waals surface area contributed by atoms with Crippen molar-refractivity contribution in [1.29, 1.82) is 0 Å². The Kier molecular flexibility index (Phi) is 3.53. The standard InChI is InChI=1S/C17H21N3O/c1-11(2)9-20-17(18)15(10-21)16(19-20)14-7-6-12-4-3-5-13(12)8-14/h6-8,10-11H,3-5,9,18H2,1-2H3. The molecule has 0 saturated heterocycles. The number of rotatable bonds is 4. The first-order valence-electron chi connectivity index (χ1n) is 7.53. The zero-order chi connectivity index (χ0) is 15.0. The van der Waals surface area contributed by atoms with Gasteiger partial charge in [-0.05, 0) is 42.4 Å². The minimum atomic E-state index is 0.430. The second-order valence-corrected chi connectivity index (χ2v) is 6.18. The summed E-state index contributed by atoms with van der Waals surface area (Å²) < 4.78 is 1.75. The third-order valence-electron chi connectivity index (χ3n) is 4.06. The van der Waals surface area contributed by atoms with Gasteiger partial charge in [-0.25, -0.2) is 4.68 Å². The van der Waals surface area contributed by atoms with Crippen molar-refractivity contribution in [3.05, 3.63) is 34.9 Å². The third kappa shape index (κ3) is 2.46. The average Bonchev–Trinajstić information content (AvgIpc) is 3.03. The van der Waals surface area contributed by atoms with Gasteiger partial charge in [0.2, 0.25) is 0 Å². The predicted octanol–water partition coefficient (Wildman–Crippen LogP) is 3.09. The van der Waals surface area contributed by atoms with E-state index in [4.69, 9.17) is 5.73 Å². The molecular formula is C17H21N3O.